The van der Waals surface area contributed by atoms with E-state index in [9.17, 15) is 4.79 Å². The molecule has 3 rings (SSSR count). The Morgan fingerprint density at radius 2 is 2.35 bits per heavy atom. The Bertz CT molecular complexity index is 598. The number of aromatic amines is 1. The molecule has 6 heteroatoms. The number of nitrogens with one attached hydrogen (secondary N) is 1. The summed E-state index contributed by atoms with van der Waals surface area (Å²) >= 11 is 0. The van der Waals surface area contributed by atoms with E-state index >= 15 is 0 Å². The molecule has 0 aliphatic heterocycles. The van der Waals surface area contributed by atoms with Gasteiger partial charge in [0.25, 0.3) is 5.89 Å². The average Bonchev–Trinajstić information content (AvgIpc) is 3.07. The lowest BCUT2D eigenvalue weighted by molar-refractivity contribution is 0.407. The fourth-order valence-corrected chi connectivity index (χ4v) is 1.59. The molecule has 1 aliphatic carbocycles. The maximum atomic E-state index is 11.6. The maximum Gasteiger partial charge on any atom is 0.274 e. The Morgan fingerprint density at radius 3 is 3.00 bits per heavy atom. The summed E-state index contributed by atoms with van der Waals surface area (Å²) in [5.74, 6) is 1.75. The normalized spacial score (nSPS) is 14.9. The van der Waals surface area contributed by atoms with Crippen LogP contribution in [0.3, 0.4) is 0 Å². The summed E-state index contributed by atoms with van der Waals surface area (Å²) < 4.78 is 9.99. The van der Waals surface area contributed by atoms with Crippen LogP contribution in [0.5, 0.6) is 5.75 Å². The molecule has 0 amide bonds. The summed E-state index contributed by atoms with van der Waals surface area (Å²) in [6.45, 7) is 0. The van der Waals surface area contributed by atoms with Crippen LogP contribution in [-0.4, -0.2) is 22.2 Å². The molecule has 0 aromatic carbocycles. The molecule has 0 saturated heterocycles. The van der Waals surface area contributed by atoms with E-state index in [0.29, 0.717) is 17.5 Å². The van der Waals surface area contributed by atoms with Gasteiger partial charge < -0.3 is 14.2 Å². The van der Waals surface area contributed by atoms with Crippen LogP contribution in [0.25, 0.3) is 11.6 Å². The zero-order valence-electron chi connectivity index (χ0n) is 9.27. The van der Waals surface area contributed by atoms with Gasteiger partial charge in [0, 0.05) is 18.2 Å². The predicted molar refractivity (Wildman–Crippen MR) is 58.9 cm³/mol. The van der Waals surface area contributed by atoms with E-state index in [4.69, 9.17) is 9.26 Å². The smallest absolute Gasteiger partial charge is 0.274 e. The predicted octanol–water partition coefficient (Wildman–Crippen LogP) is 1.31. The molecule has 6 nitrogen and oxygen atoms in total. The fraction of sp³-hybridized carbons (Fsp3) is 0.364. The average molecular weight is 233 g/mol. The van der Waals surface area contributed by atoms with E-state index in [1.165, 1.54) is 19.4 Å². The minimum absolute atomic E-state index is 0.215. The summed E-state index contributed by atoms with van der Waals surface area (Å²) in [5.41, 5.74) is 0.294. The summed E-state index contributed by atoms with van der Waals surface area (Å²) in [4.78, 5) is 18.7. The number of nitrogens with zero attached hydrogens (tertiary/aromatic N) is 2. The second-order valence-corrected chi connectivity index (χ2v) is 4.01. The highest BCUT2D eigenvalue weighted by atomic mass is 16.5. The van der Waals surface area contributed by atoms with Gasteiger partial charge in [-0.3, -0.25) is 4.79 Å². The minimum atomic E-state index is -0.215. The van der Waals surface area contributed by atoms with Crippen LogP contribution < -0.4 is 10.2 Å². The lowest BCUT2D eigenvalue weighted by Gasteiger charge is -1.98. The SMILES string of the molecule is COc1c[nH]c(-c2nc(C3CC3)no2)cc1=O. The number of H-pyrrole nitrogens is 1. The molecule has 17 heavy (non-hydrogen) atoms. The van der Waals surface area contributed by atoms with Crippen molar-refractivity contribution in [3.8, 4) is 17.3 Å². The number of aromatic nitrogens is 3. The molecule has 0 atom stereocenters. The first-order valence-electron chi connectivity index (χ1n) is 5.38. The second-order valence-electron chi connectivity index (χ2n) is 4.01. The van der Waals surface area contributed by atoms with Crippen LogP contribution >= 0.6 is 0 Å². The highest BCUT2D eigenvalue weighted by Crippen LogP contribution is 2.38. The number of rotatable bonds is 3. The van der Waals surface area contributed by atoms with Gasteiger partial charge in [-0.1, -0.05) is 5.16 Å². The Kier molecular flexibility index (Phi) is 2.21. The van der Waals surface area contributed by atoms with Crippen LogP contribution in [-0.2, 0) is 0 Å². The standard InChI is InChI=1S/C11H11N3O3/c1-16-9-5-12-7(4-8(9)15)11-13-10(14-17-11)6-2-3-6/h4-6H,2-3H2,1H3,(H,12,15). The van der Waals surface area contributed by atoms with Gasteiger partial charge in [0.1, 0.15) is 5.69 Å². The summed E-state index contributed by atoms with van der Waals surface area (Å²) in [6.07, 6.45) is 3.70. The topological polar surface area (TPSA) is 81.0 Å². The van der Waals surface area contributed by atoms with Gasteiger partial charge in [0.15, 0.2) is 11.6 Å². The first-order chi connectivity index (χ1) is 8.28. The van der Waals surface area contributed by atoms with Crippen LogP contribution in [0, 0.1) is 0 Å². The van der Waals surface area contributed by atoms with E-state index < -0.39 is 0 Å². The number of methoxy groups -OCH3 is 1. The third-order valence-corrected chi connectivity index (χ3v) is 2.71. The summed E-state index contributed by atoms with van der Waals surface area (Å²) in [6, 6.07) is 1.39. The molecular formula is C11H11N3O3. The summed E-state index contributed by atoms with van der Waals surface area (Å²) in [7, 11) is 1.45. The van der Waals surface area contributed by atoms with Gasteiger partial charge >= 0.3 is 0 Å². The molecule has 0 bridgehead atoms. The van der Waals surface area contributed by atoms with E-state index in [1.54, 1.807) is 0 Å². The van der Waals surface area contributed by atoms with Crippen molar-refractivity contribution in [1.82, 2.24) is 15.1 Å². The number of hydrogen-bond donors (Lipinski definition) is 1. The molecule has 1 N–H and O–H groups in total. The third-order valence-electron chi connectivity index (χ3n) is 2.71. The molecule has 2 heterocycles. The van der Waals surface area contributed by atoms with Gasteiger partial charge in [-0.05, 0) is 12.8 Å². The highest BCUT2D eigenvalue weighted by molar-refractivity contribution is 5.47. The lowest BCUT2D eigenvalue weighted by atomic mass is 10.3. The molecule has 0 unspecified atom stereocenters. The van der Waals surface area contributed by atoms with Gasteiger partial charge in [-0.15, -0.1) is 0 Å². The van der Waals surface area contributed by atoms with Crippen molar-refractivity contribution >= 4 is 0 Å². The van der Waals surface area contributed by atoms with Gasteiger partial charge in [-0.25, -0.2) is 0 Å². The summed E-state index contributed by atoms with van der Waals surface area (Å²) in [5, 5.41) is 3.89. The van der Waals surface area contributed by atoms with Crippen molar-refractivity contribution in [2.45, 2.75) is 18.8 Å². The van der Waals surface area contributed by atoms with Crippen LogP contribution in [0.4, 0.5) is 0 Å². The maximum absolute atomic E-state index is 11.6. The van der Waals surface area contributed by atoms with E-state index in [0.717, 1.165) is 18.7 Å². The highest BCUT2D eigenvalue weighted by Gasteiger charge is 2.29. The first-order valence-corrected chi connectivity index (χ1v) is 5.38. The number of pyridine rings is 1. The second kappa shape index (κ2) is 3.73. The Balaban J connectivity index is 1.96. The Morgan fingerprint density at radius 1 is 1.53 bits per heavy atom. The zero-order chi connectivity index (χ0) is 11.8. The fourth-order valence-electron chi connectivity index (χ4n) is 1.59. The van der Waals surface area contributed by atoms with Crippen molar-refractivity contribution in [2.24, 2.45) is 0 Å². The molecule has 0 radical (unpaired) electrons. The van der Waals surface area contributed by atoms with E-state index in [1.807, 2.05) is 0 Å². The van der Waals surface area contributed by atoms with Crippen LogP contribution in [0.2, 0.25) is 0 Å². The van der Waals surface area contributed by atoms with E-state index in [-0.39, 0.29) is 11.2 Å². The number of ether oxygens (including phenoxy) is 1. The quantitative estimate of drug-likeness (QED) is 0.864. The first kappa shape index (κ1) is 10.1. The molecule has 0 spiro atoms. The molecule has 2 aromatic rings. The van der Waals surface area contributed by atoms with Crippen LogP contribution in [0.15, 0.2) is 21.6 Å². The molecule has 1 fully saturated rings. The van der Waals surface area contributed by atoms with Crippen LogP contribution in [0.1, 0.15) is 24.6 Å². The molecule has 2 aromatic heterocycles. The van der Waals surface area contributed by atoms with E-state index in [2.05, 4.69) is 15.1 Å². The zero-order valence-corrected chi connectivity index (χ0v) is 9.27. The van der Waals surface area contributed by atoms with Crippen molar-refractivity contribution < 1.29 is 9.26 Å². The molecule has 1 saturated carbocycles. The minimum Gasteiger partial charge on any atom is -0.491 e. The molecule has 88 valence electrons. The van der Waals surface area contributed by atoms with Crippen molar-refractivity contribution in [3.63, 3.8) is 0 Å². The lowest BCUT2D eigenvalue weighted by Crippen LogP contribution is -2.05. The van der Waals surface area contributed by atoms with Crippen molar-refractivity contribution in [2.75, 3.05) is 7.11 Å². The Hall–Kier alpha value is -2.11. The molecular weight excluding hydrogens is 222 g/mol. The van der Waals surface area contributed by atoms with Gasteiger partial charge in [0.05, 0.1) is 7.11 Å². The van der Waals surface area contributed by atoms with Crippen molar-refractivity contribution in [3.05, 3.63) is 28.3 Å². The molecule has 1 aliphatic rings. The van der Waals surface area contributed by atoms with Gasteiger partial charge in [-0.2, -0.15) is 4.98 Å². The largest absolute Gasteiger partial charge is 0.491 e. The Labute approximate surface area is 96.6 Å². The van der Waals surface area contributed by atoms with Gasteiger partial charge in [0.2, 0.25) is 5.43 Å². The monoisotopic (exact) mass is 233 g/mol. The number of hydrogen-bond acceptors (Lipinski definition) is 5. The third kappa shape index (κ3) is 1.82. The van der Waals surface area contributed by atoms with Crippen molar-refractivity contribution in [1.29, 1.82) is 0 Å².